The van der Waals surface area contributed by atoms with Gasteiger partial charge in [-0.1, -0.05) is 13.8 Å². The summed E-state index contributed by atoms with van der Waals surface area (Å²) in [5.74, 6) is 0.294. The van der Waals surface area contributed by atoms with Gasteiger partial charge in [0.1, 0.15) is 11.1 Å². The molecule has 2 heterocycles. The molecule has 2 aromatic heterocycles. The van der Waals surface area contributed by atoms with Gasteiger partial charge < -0.3 is 19.4 Å². The summed E-state index contributed by atoms with van der Waals surface area (Å²) in [6.45, 7) is 5.12. The summed E-state index contributed by atoms with van der Waals surface area (Å²) in [6.07, 6.45) is 8.15. The molecule has 164 valence electrons. The van der Waals surface area contributed by atoms with E-state index in [0.29, 0.717) is 29.6 Å². The topological polar surface area (TPSA) is 95.6 Å². The zero-order chi connectivity index (χ0) is 22.4. The van der Waals surface area contributed by atoms with Crippen LogP contribution in [0.5, 0.6) is 0 Å². The van der Waals surface area contributed by atoms with E-state index in [1.807, 2.05) is 0 Å². The normalized spacial score (nSPS) is 15.5. The third-order valence-electron chi connectivity index (χ3n) is 5.08. The van der Waals surface area contributed by atoms with E-state index in [4.69, 9.17) is 9.15 Å². The second-order valence-corrected chi connectivity index (χ2v) is 9.26. The van der Waals surface area contributed by atoms with Crippen LogP contribution in [0, 0.1) is 23.2 Å². The number of nitrogens with one attached hydrogen (secondary N) is 1. The zero-order valence-corrected chi connectivity index (χ0v) is 18.8. The van der Waals surface area contributed by atoms with Gasteiger partial charge in [-0.25, -0.2) is 4.79 Å². The number of fused-ring (bicyclic) bond motifs is 1. The Morgan fingerprint density at radius 3 is 2.97 bits per heavy atom. The summed E-state index contributed by atoms with van der Waals surface area (Å²) in [6, 6.07) is 3.99. The minimum atomic E-state index is -0.305. The van der Waals surface area contributed by atoms with Crippen LogP contribution in [0.4, 0.5) is 9.80 Å². The average molecular weight is 442 g/mol. The molecule has 1 atom stereocenters. The highest BCUT2D eigenvalue weighted by Crippen LogP contribution is 2.39. The van der Waals surface area contributed by atoms with Gasteiger partial charge in [0.25, 0.3) is 0 Å². The van der Waals surface area contributed by atoms with E-state index in [1.54, 1.807) is 30.4 Å². The highest BCUT2D eigenvalue weighted by molar-refractivity contribution is 7.16. The van der Waals surface area contributed by atoms with Gasteiger partial charge in [-0.2, -0.15) is 5.26 Å². The molecule has 1 unspecified atom stereocenters. The van der Waals surface area contributed by atoms with Crippen LogP contribution in [0.25, 0.3) is 6.08 Å². The molecule has 0 radical (unpaired) electrons. The molecule has 2 aromatic rings. The summed E-state index contributed by atoms with van der Waals surface area (Å²) in [5.41, 5.74) is 2.33. The molecule has 1 aliphatic rings. The number of nitriles is 1. The number of hydrogen-bond acceptors (Lipinski definition) is 6. The molecule has 0 aliphatic heterocycles. The first kappa shape index (κ1) is 22.6. The molecular formula is C23H27N3O4S. The van der Waals surface area contributed by atoms with E-state index in [1.165, 1.54) is 23.7 Å². The second-order valence-electron chi connectivity index (χ2n) is 8.16. The second kappa shape index (κ2) is 10.3. The Kier molecular flexibility index (Phi) is 7.53. The van der Waals surface area contributed by atoms with Crippen LogP contribution in [-0.4, -0.2) is 37.1 Å². The van der Waals surface area contributed by atoms with Crippen LogP contribution in [0.2, 0.25) is 0 Å². The SMILES string of the molecule is CC(C)CN(C)C(=O)OCC1CCc2c(sc(NC(=O)/C=C/c3ccoc3)c2C#N)C1. The van der Waals surface area contributed by atoms with Gasteiger partial charge in [0, 0.05) is 30.1 Å². The summed E-state index contributed by atoms with van der Waals surface area (Å²) in [7, 11) is 1.75. The zero-order valence-electron chi connectivity index (χ0n) is 18.0. The molecule has 0 saturated carbocycles. The lowest BCUT2D eigenvalue weighted by molar-refractivity contribution is -0.111. The van der Waals surface area contributed by atoms with Gasteiger partial charge in [0.2, 0.25) is 5.91 Å². The van der Waals surface area contributed by atoms with E-state index >= 15 is 0 Å². The van der Waals surface area contributed by atoms with Gasteiger partial charge in [-0.3, -0.25) is 4.79 Å². The molecule has 31 heavy (non-hydrogen) atoms. The van der Waals surface area contributed by atoms with Crippen molar-refractivity contribution in [2.75, 3.05) is 25.5 Å². The Morgan fingerprint density at radius 1 is 1.48 bits per heavy atom. The molecule has 2 amide bonds. The molecule has 1 N–H and O–H groups in total. The maximum absolute atomic E-state index is 12.3. The van der Waals surface area contributed by atoms with Crippen molar-refractivity contribution in [1.82, 2.24) is 4.90 Å². The van der Waals surface area contributed by atoms with Crippen LogP contribution in [0.3, 0.4) is 0 Å². The Labute approximate surface area is 186 Å². The van der Waals surface area contributed by atoms with Crippen LogP contribution in [-0.2, 0) is 22.4 Å². The quantitative estimate of drug-likeness (QED) is 0.629. The Balaban J connectivity index is 1.60. The smallest absolute Gasteiger partial charge is 0.409 e. The maximum Gasteiger partial charge on any atom is 0.409 e. The van der Waals surface area contributed by atoms with Crippen molar-refractivity contribution in [2.24, 2.45) is 11.8 Å². The number of hydrogen-bond donors (Lipinski definition) is 1. The molecule has 3 rings (SSSR count). The van der Waals surface area contributed by atoms with Crippen LogP contribution >= 0.6 is 11.3 Å². The molecule has 0 fully saturated rings. The minimum absolute atomic E-state index is 0.207. The number of ether oxygens (including phenoxy) is 1. The average Bonchev–Trinajstić information content (AvgIpc) is 3.36. The summed E-state index contributed by atoms with van der Waals surface area (Å²) in [4.78, 5) is 27.1. The van der Waals surface area contributed by atoms with E-state index in [-0.39, 0.29) is 17.9 Å². The Morgan fingerprint density at radius 2 is 2.29 bits per heavy atom. The fraction of sp³-hybridized carbons (Fsp3) is 0.435. The molecule has 0 aromatic carbocycles. The molecular weight excluding hydrogens is 414 g/mol. The Hall–Kier alpha value is -3.05. The van der Waals surface area contributed by atoms with Crippen molar-refractivity contribution < 1.29 is 18.7 Å². The van der Waals surface area contributed by atoms with Gasteiger partial charge in [0.05, 0.1) is 24.7 Å². The summed E-state index contributed by atoms with van der Waals surface area (Å²) >= 11 is 1.43. The number of nitrogens with zero attached hydrogens (tertiary/aromatic N) is 2. The third kappa shape index (κ3) is 5.98. The molecule has 0 bridgehead atoms. The van der Waals surface area contributed by atoms with Crippen molar-refractivity contribution in [1.29, 1.82) is 5.26 Å². The lowest BCUT2D eigenvalue weighted by Crippen LogP contribution is -2.32. The molecule has 0 saturated heterocycles. The first-order valence-electron chi connectivity index (χ1n) is 10.3. The van der Waals surface area contributed by atoms with Crippen LogP contribution in [0.15, 0.2) is 29.1 Å². The number of rotatable bonds is 7. The fourth-order valence-corrected chi connectivity index (χ4v) is 4.93. The number of amides is 2. The van der Waals surface area contributed by atoms with Gasteiger partial charge >= 0.3 is 6.09 Å². The summed E-state index contributed by atoms with van der Waals surface area (Å²) < 4.78 is 10.5. The van der Waals surface area contributed by atoms with Gasteiger partial charge in [-0.05, 0) is 48.8 Å². The van der Waals surface area contributed by atoms with Gasteiger partial charge in [0.15, 0.2) is 0 Å². The fourth-order valence-electron chi connectivity index (χ4n) is 3.62. The van der Waals surface area contributed by atoms with E-state index in [0.717, 1.165) is 35.3 Å². The van der Waals surface area contributed by atoms with Gasteiger partial charge in [-0.15, -0.1) is 11.3 Å². The first-order valence-corrected chi connectivity index (χ1v) is 11.1. The number of carbonyl (C=O) groups excluding carboxylic acids is 2. The first-order chi connectivity index (χ1) is 14.9. The predicted octanol–water partition coefficient (Wildman–Crippen LogP) is 4.69. The number of furan rings is 1. The predicted molar refractivity (Wildman–Crippen MR) is 120 cm³/mol. The monoisotopic (exact) mass is 441 g/mol. The minimum Gasteiger partial charge on any atom is -0.472 e. The van der Waals surface area contributed by atoms with Crippen molar-refractivity contribution in [3.63, 3.8) is 0 Å². The van der Waals surface area contributed by atoms with Crippen molar-refractivity contribution in [2.45, 2.75) is 33.1 Å². The maximum atomic E-state index is 12.3. The number of thiophene rings is 1. The molecule has 0 spiro atoms. The molecule has 8 heteroatoms. The molecule has 7 nitrogen and oxygen atoms in total. The van der Waals surface area contributed by atoms with Crippen LogP contribution in [0.1, 0.15) is 41.8 Å². The van der Waals surface area contributed by atoms with E-state index in [2.05, 4.69) is 25.2 Å². The Bertz CT molecular complexity index is 985. The van der Waals surface area contributed by atoms with Crippen LogP contribution < -0.4 is 5.32 Å². The number of anilines is 1. The van der Waals surface area contributed by atoms with E-state index in [9.17, 15) is 14.9 Å². The summed E-state index contributed by atoms with van der Waals surface area (Å²) in [5, 5.41) is 13.0. The third-order valence-corrected chi connectivity index (χ3v) is 6.25. The van der Waals surface area contributed by atoms with Crippen molar-refractivity contribution in [3.05, 3.63) is 46.2 Å². The largest absolute Gasteiger partial charge is 0.472 e. The van der Waals surface area contributed by atoms with E-state index < -0.39 is 0 Å². The lowest BCUT2D eigenvalue weighted by atomic mass is 9.88. The number of carbonyl (C=O) groups is 2. The highest BCUT2D eigenvalue weighted by Gasteiger charge is 2.27. The standard InChI is InChI=1S/C23H27N3O4S/c1-15(2)12-26(3)23(28)30-14-17-4-6-18-19(11-24)22(31-20(18)10-17)25-21(27)7-5-16-8-9-29-13-16/h5,7-9,13,15,17H,4,6,10,12,14H2,1-3H3,(H,25,27)/b7-5+. The van der Waals surface area contributed by atoms with Crippen molar-refractivity contribution in [3.8, 4) is 6.07 Å². The highest BCUT2D eigenvalue weighted by atomic mass is 32.1. The lowest BCUT2D eigenvalue weighted by Gasteiger charge is -2.24. The van der Waals surface area contributed by atoms with Crippen molar-refractivity contribution >= 4 is 34.4 Å². The molecule has 1 aliphatic carbocycles.